The number of aryl methyl sites for hydroxylation is 1. The molecule has 0 saturated heterocycles. The van der Waals surface area contributed by atoms with Gasteiger partial charge in [-0.15, -0.1) is 0 Å². The number of nitrogens with one attached hydrogen (secondary N) is 2. The van der Waals surface area contributed by atoms with Gasteiger partial charge in [-0.3, -0.25) is 9.52 Å². The minimum absolute atomic E-state index is 0.0931. The maximum absolute atomic E-state index is 12.6. The van der Waals surface area contributed by atoms with E-state index in [9.17, 15) is 13.2 Å². The molecule has 0 spiro atoms. The molecule has 8 heteroatoms. The molecule has 0 radical (unpaired) electrons. The number of halogens is 1. The van der Waals surface area contributed by atoms with Crippen LogP contribution in [0.15, 0.2) is 77.7 Å². The Labute approximate surface area is 187 Å². The summed E-state index contributed by atoms with van der Waals surface area (Å²) in [6.07, 6.45) is -0.241. The van der Waals surface area contributed by atoms with Crippen LogP contribution < -0.4 is 14.8 Å². The van der Waals surface area contributed by atoms with Crippen LogP contribution in [-0.2, 0) is 14.8 Å². The lowest BCUT2D eigenvalue weighted by molar-refractivity contribution is -0.122. The van der Waals surface area contributed by atoms with Crippen LogP contribution in [-0.4, -0.2) is 20.4 Å². The lowest BCUT2D eigenvalue weighted by Gasteiger charge is -2.17. The van der Waals surface area contributed by atoms with E-state index in [0.717, 1.165) is 5.56 Å². The molecule has 0 aliphatic heterocycles. The van der Waals surface area contributed by atoms with E-state index in [2.05, 4.69) is 10.0 Å². The Morgan fingerprint density at radius 3 is 2.10 bits per heavy atom. The number of carbonyl (C=O) groups excluding carboxylic acids is 1. The summed E-state index contributed by atoms with van der Waals surface area (Å²) in [6.45, 7) is 3.77. The molecular formula is C23H23ClN2O4S. The average Bonchev–Trinajstić information content (AvgIpc) is 2.75. The molecule has 31 heavy (non-hydrogen) atoms. The molecular weight excluding hydrogens is 436 g/mol. The third kappa shape index (κ3) is 6.23. The number of hydrogen-bond acceptors (Lipinski definition) is 4. The quantitative estimate of drug-likeness (QED) is 0.483. The Morgan fingerprint density at radius 2 is 1.52 bits per heavy atom. The van der Waals surface area contributed by atoms with Crippen molar-refractivity contribution in [2.45, 2.75) is 31.3 Å². The zero-order valence-electron chi connectivity index (χ0n) is 17.1. The second-order valence-electron chi connectivity index (χ2n) is 6.95. The van der Waals surface area contributed by atoms with Crippen LogP contribution in [0, 0.1) is 6.92 Å². The van der Waals surface area contributed by atoms with Gasteiger partial charge in [-0.1, -0.05) is 36.2 Å². The summed E-state index contributed by atoms with van der Waals surface area (Å²) in [7, 11) is -3.73. The number of sulfonamides is 1. The van der Waals surface area contributed by atoms with Gasteiger partial charge in [0, 0.05) is 16.4 Å². The summed E-state index contributed by atoms with van der Waals surface area (Å²) < 4.78 is 33.4. The molecule has 3 rings (SSSR count). The third-order valence-electron chi connectivity index (χ3n) is 4.49. The van der Waals surface area contributed by atoms with Crippen molar-refractivity contribution in [2.75, 3.05) is 10.0 Å². The monoisotopic (exact) mass is 458 g/mol. The molecule has 6 nitrogen and oxygen atoms in total. The van der Waals surface area contributed by atoms with Gasteiger partial charge < -0.3 is 10.1 Å². The van der Waals surface area contributed by atoms with E-state index in [-0.39, 0.29) is 10.8 Å². The smallest absolute Gasteiger partial charge is 0.265 e. The SMILES string of the molecule is CC[C@@H](Oc1ccc(Cl)cc1)C(=O)Nc1ccc(S(=O)(=O)Nc2ccc(C)cc2)cc1. The van der Waals surface area contributed by atoms with E-state index in [1.165, 1.54) is 24.3 Å². The molecule has 0 aliphatic carbocycles. The Kier molecular flexibility index (Phi) is 7.20. The van der Waals surface area contributed by atoms with Crippen LogP contribution in [0.3, 0.4) is 0 Å². The molecule has 0 aromatic heterocycles. The van der Waals surface area contributed by atoms with Crippen molar-refractivity contribution < 1.29 is 17.9 Å². The van der Waals surface area contributed by atoms with Crippen molar-refractivity contribution in [2.24, 2.45) is 0 Å². The average molecular weight is 459 g/mol. The van der Waals surface area contributed by atoms with Gasteiger partial charge in [-0.05, 0) is 74.0 Å². The summed E-state index contributed by atoms with van der Waals surface area (Å²) >= 11 is 5.87. The number of amides is 1. The van der Waals surface area contributed by atoms with Gasteiger partial charge in [0.1, 0.15) is 5.75 Å². The first-order valence-electron chi connectivity index (χ1n) is 9.69. The third-order valence-corrected chi connectivity index (χ3v) is 6.14. The lowest BCUT2D eigenvalue weighted by Crippen LogP contribution is -2.32. The molecule has 3 aromatic rings. The van der Waals surface area contributed by atoms with Crippen LogP contribution in [0.25, 0.3) is 0 Å². The summed E-state index contributed by atoms with van der Waals surface area (Å²) in [4.78, 5) is 12.7. The maximum Gasteiger partial charge on any atom is 0.265 e. The van der Waals surface area contributed by atoms with Crippen molar-refractivity contribution in [3.05, 3.63) is 83.4 Å². The van der Waals surface area contributed by atoms with Crippen molar-refractivity contribution in [3.8, 4) is 5.75 Å². The first-order valence-corrected chi connectivity index (χ1v) is 11.6. The van der Waals surface area contributed by atoms with Crippen LogP contribution in [0.2, 0.25) is 5.02 Å². The van der Waals surface area contributed by atoms with Crippen molar-refractivity contribution in [1.82, 2.24) is 0 Å². The molecule has 1 amide bonds. The highest BCUT2D eigenvalue weighted by Gasteiger charge is 2.19. The van der Waals surface area contributed by atoms with Gasteiger partial charge in [0.25, 0.3) is 15.9 Å². The standard InChI is InChI=1S/C23H23ClN2O4S/c1-3-22(30-20-12-6-17(24)7-13-20)23(27)25-18-10-14-21(15-11-18)31(28,29)26-19-8-4-16(2)5-9-19/h4-15,22,26H,3H2,1-2H3,(H,25,27)/t22-/m1/s1. The number of ether oxygens (including phenoxy) is 1. The number of carbonyl (C=O) groups is 1. The number of hydrogen-bond donors (Lipinski definition) is 2. The Balaban J connectivity index is 1.65. The van der Waals surface area contributed by atoms with E-state index in [1.807, 2.05) is 26.0 Å². The van der Waals surface area contributed by atoms with Gasteiger partial charge in [-0.25, -0.2) is 8.42 Å². The predicted octanol–water partition coefficient (Wildman–Crippen LogP) is 5.25. The Morgan fingerprint density at radius 1 is 0.935 bits per heavy atom. The second-order valence-corrected chi connectivity index (χ2v) is 9.07. The number of rotatable bonds is 8. The second kappa shape index (κ2) is 9.85. The molecule has 0 bridgehead atoms. The summed E-state index contributed by atoms with van der Waals surface area (Å²) in [5, 5.41) is 3.33. The fourth-order valence-corrected chi connectivity index (χ4v) is 3.96. The largest absolute Gasteiger partial charge is 0.481 e. The molecule has 1 atom stereocenters. The number of benzene rings is 3. The van der Waals surface area contributed by atoms with E-state index >= 15 is 0 Å². The van der Waals surface area contributed by atoms with Crippen molar-refractivity contribution in [3.63, 3.8) is 0 Å². The lowest BCUT2D eigenvalue weighted by atomic mass is 10.2. The van der Waals surface area contributed by atoms with Gasteiger partial charge in [0.15, 0.2) is 6.10 Å². The van der Waals surface area contributed by atoms with Crippen LogP contribution in [0.4, 0.5) is 11.4 Å². The van der Waals surface area contributed by atoms with Gasteiger partial charge in [-0.2, -0.15) is 0 Å². The van der Waals surface area contributed by atoms with Crippen LogP contribution >= 0.6 is 11.6 Å². The molecule has 0 unspecified atom stereocenters. The fourth-order valence-electron chi connectivity index (χ4n) is 2.78. The zero-order valence-corrected chi connectivity index (χ0v) is 18.7. The highest BCUT2D eigenvalue weighted by atomic mass is 35.5. The highest BCUT2D eigenvalue weighted by Crippen LogP contribution is 2.21. The zero-order chi connectivity index (χ0) is 22.4. The normalized spacial score (nSPS) is 12.1. The van der Waals surface area contributed by atoms with E-state index < -0.39 is 16.1 Å². The molecule has 0 saturated carbocycles. The van der Waals surface area contributed by atoms with Crippen LogP contribution in [0.5, 0.6) is 5.75 Å². The summed E-state index contributed by atoms with van der Waals surface area (Å²) in [5.41, 5.74) is 1.99. The minimum Gasteiger partial charge on any atom is -0.481 e. The molecule has 162 valence electrons. The first kappa shape index (κ1) is 22.7. The highest BCUT2D eigenvalue weighted by molar-refractivity contribution is 7.92. The topological polar surface area (TPSA) is 84.5 Å². The minimum atomic E-state index is -3.73. The molecule has 3 aromatic carbocycles. The van der Waals surface area contributed by atoms with E-state index in [0.29, 0.717) is 28.6 Å². The maximum atomic E-state index is 12.6. The fraction of sp³-hybridized carbons (Fsp3) is 0.174. The molecule has 0 fully saturated rings. The van der Waals surface area contributed by atoms with Crippen molar-refractivity contribution in [1.29, 1.82) is 0 Å². The van der Waals surface area contributed by atoms with Crippen molar-refractivity contribution >= 4 is 38.9 Å². The molecule has 2 N–H and O–H groups in total. The first-order chi connectivity index (χ1) is 14.8. The van der Waals surface area contributed by atoms with Gasteiger partial charge in [0.05, 0.1) is 4.90 Å². The van der Waals surface area contributed by atoms with E-state index in [1.54, 1.807) is 36.4 Å². The number of anilines is 2. The van der Waals surface area contributed by atoms with Crippen LogP contribution in [0.1, 0.15) is 18.9 Å². The van der Waals surface area contributed by atoms with E-state index in [4.69, 9.17) is 16.3 Å². The molecule has 0 aliphatic rings. The summed E-state index contributed by atoms with van der Waals surface area (Å²) in [6, 6.07) is 19.8. The Bertz CT molecular complexity index is 1130. The van der Waals surface area contributed by atoms with Gasteiger partial charge >= 0.3 is 0 Å². The summed E-state index contributed by atoms with van der Waals surface area (Å²) in [5.74, 6) is 0.209. The molecule has 0 heterocycles. The predicted molar refractivity (Wildman–Crippen MR) is 123 cm³/mol. The van der Waals surface area contributed by atoms with Gasteiger partial charge in [0.2, 0.25) is 0 Å². The Hall–Kier alpha value is -3.03.